The summed E-state index contributed by atoms with van der Waals surface area (Å²) in [6.07, 6.45) is 10.4. The number of allylic oxidation sites excluding steroid dienone is 3. The second-order valence-electron chi connectivity index (χ2n) is 6.60. The Balaban J connectivity index is 1.70. The van der Waals surface area contributed by atoms with Crippen molar-refractivity contribution in [2.24, 2.45) is 0 Å². The third-order valence-corrected chi connectivity index (χ3v) is 7.78. The van der Waals surface area contributed by atoms with Gasteiger partial charge in [-0.05, 0) is 0 Å². The van der Waals surface area contributed by atoms with Crippen LogP contribution in [0.25, 0.3) is 15.6 Å². The quantitative estimate of drug-likeness (QED) is 0.392. The summed E-state index contributed by atoms with van der Waals surface area (Å²) in [5.74, 6) is -0.0877. The van der Waals surface area contributed by atoms with E-state index in [9.17, 15) is 4.39 Å². The van der Waals surface area contributed by atoms with E-state index in [2.05, 4.69) is 56.3 Å². The van der Waals surface area contributed by atoms with Gasteiger partial charge in [0.05, 0.1) is 0 Å². The topological polar surface area (TPSA) is 0 Å². The van der Waals surface area contributed by atoms with Crippen LogP contribution >= 0.6 is 0 Å². The molecule has 0 aromatic heterocycles. The predicted molar refractivity (Wildman–Crippen MR) is 110 cm³/mol. The van der Waals surface area contributed by atoms with Crippen molar-refractivity contribution in [3.8, 4) is 11.1 Å². The SMILES string of the molecule is CCCCCC1=CC=C(c2ccc(-c3ccc(CC)cc3)cc2F)[SeH2]1. The van der Waals surface area contributed by atoms with Gasteiger partial charge >= 0.3 is 157 Å². The van der Waals surface area contributed by atoms with Crippen molar-refractivity contribution >= 4 is 19.4 Å². The minimum absolute atomic E-state index is 0.0877. The first kappa shape index (κ1) is 18.2. The molecule has 0 atom stereocenters. The molecule has 1 aliphatic rings. The van der Waals surface area contributed by atoms with Gasteiger partial charge in [-0.2, -0.15) is 0 Å². The molecule has 0 N–H and O–H groups in total. The van der Waals surface area contributed by atoms with E-state index in [0.717, 1.165) is 23.1 Å². The zero-order chi connectivity index (χ0) is 17.6. The van der Waals surface area contributed by atoms with E-state index in [1.165, 1.54) is 35.7 Å². The predicted octanol–water partition coefficient (Wildman–Crippen LogP) is 6.04. The zero-order valence-corrected chi connectivity index (χ0v) is 17.2. The third-order valence-electron chi connectivity index (χ3n) is 4.75. The first-order valence-corrected chi connectivity index (χ1v) is 11.4. The van der Waals surface area contributed by atoms with Gasteiger partial charge in [-0.15, -0.1) is 0 Å². The standard InChI is InChI=1S/C23H27FSe/c1-3-5-6-7-20-13-15-23(25-20)21-14-12-19(16-22(21)24)18-10-8-17(4-2)9-11-18/h8-16H,3-7,25H2,1-2H3. The first-order chi connectivity index (χ1) is 12.2. The molecule has 0 saturated carbocycles. The molecule has 2 aromatic rings. The summed E-state index contributed by atoms with van der Waals surface area (Å²) in [7, 11) is 0. The second kappa shape index (κ2) is 8.65. The van der Waals surface area contributed by atoms with Crippen molar-refractivity contribution in [1.29, 1.82) is 0 Å². The van der Waals surface area contributed by atoms with Gasteiger partial charge in [0.2, 0.25) is 0 Å². The van der Waals surface area contributed by atoms with Crippen LogP contribution in [0.4, 0.5) is 4.39 Å². The van der Waals surface area contributed by atoms with Crippen LogP contribution in [0.15, 0.2) is 59.1 Å². The van der Waals surface area contributed by atoms with Crippen molar-refractivity contribution < 1.29 is 4.39 Å². The van der Waals surface area contributed by atoms with Gasteiger partial charge in [-0.25, -0.2) is 0 Å². The molecule has 2 heteroatoms. The van der Waals surface area contributed by atoms with Crippen molar-refractivity contribution in [3.05, 3.63) is 76.0 Å². The van der Waals surface area contributed by atoms with Crippen LogP contribution in [0.5, 0.6) is 0 Å². The molecule has 0 amide bonds. The molecule has 0 fully saturated rings. The number of halogens is 1. The maximum absolute atomic E-state index is 14.7. The van der Waals surface area contributed by atoms with E-state index in [1.54, 1.807) is 10.5 Å². The molecule has 25 heavy (non-hydrogen) atoms. The van der Waals surface area contributed by atoms with Crippen LogP contribution in [0.2, 0.25) is 0 Å². The van der Waals surface area contributed by atoms with E-state index in [0.29, 0.717) is 0 Å². The Morgan fingerprint density at radius 3 is 2.32 bits per heavy atom. The van der Waals surface area contributed by atoms with Gasteiger partial charge in [0.15, 0.2) is 0 Å². The Hall–Kier alpha value is -1.63. The van der Waals surface area contributed by atoms with Crippen molar-refractivity contribution in [1.82, 2.24) is 0 Å². The van der Waals surface area contributed by atoms with E-state index < -0.39 is 0 Å². The fraction of sp³-hybridized carbons (Fsp3) is 0.304. The molecule has 2 aromatic carbocycles. The molecule has 0 radical (unpaired) electrons. The summed E-state index contributed by atoms with van der Waals surface area (Å²) in [6, 6.07) is 14.1. The summed E-state index contributed by atoms with van der Waals surface area (Å²) in [6.45, 7) is 4.38. The van der Waals surface area contributed by atoms with E-state index in [-0.39, 0.29) is 20.8 Å². The van der Waals surface area contributed by atoms with Crippen LogP contribution in [-0.4, -0.2) is 15.0 Å². The van der Waals surface area contributed by atoms with Crippen LogP contribution in [-0.2, 0) is 6.42 Å². The molecular weight excluding hydrogens is 374 g/mol. The summed E-state index contributed by atoms with van der Waals surface area (Å²) in [5, 5.41) is 0. The van der Waals surface area contributed by atoms with E-state index in [4.69, 9.17) is 0 Å². The molecule has 1 aliphatic heterocycles. The third kappa shape index (κ3) is 4.51. The summed E-state index contributed by atoms with van der Waals surface area (Å²) >= 11 is -0.341. The molecule has 0 aliphatic carbocycles. The van der Waals surface area contributed by atoms with Gasteiger partial charge in [0.1, 0.15) is 0 Å². The summed E-state index contributed by atoms with van der Waals surface area (Å²) in [5.41, 5.74) is 4.15. The average Bonchev–Trinajstić information content (AvgIpc) is 3.10. The van der Waals surface area contributed by atoms with E-state index in [1.807, 2.05) is 6.07 Å². The Kier molecular flexibility index (Phi) is 6.28. The number of rotatable bonds is 7. The van der Waals surface area contributed by atoms with Gasteiger partial charge in [-0.1, -0.05) is 0 Å². The minimum atomic E-state index is -0.341. The van der Waals surface area contributed by atoms with E-state index >= 15 is 0 Å². The summed E-state index contributed by atoms with van der Waals surface area (Å²) in [4.78, 5) is 0. The number of aryl methyl sites for hydroxylation is 1. The molecule has 3 rings (SSSR count). The normalized spacial score (nSPS) is 15.3. The van der Waals surface area contributed by atoms with Crippen molar-refractivity contribution in [2.45, 2.75) is 46.0 Å². The Labute approximate surface area is 157 Å². The van der Waals surface area contributed by atoms with Gasteiger partial charge < -0.3 is 0 Å². The van der Waals surface area contributed by atoms with Crippen LogP contribution in [0.3, 0.4) is 0 Å². The molecule has 0 bridgehead atoms. The number of hydrogen-bond donors (Lipinski definition) is 0. The number of unbranched alkanes of at least 4 members (excludes halogenated alkanes) is 2. The van der Waals surface area contributed by atoms with Gasteiger partial charge in [0, 0.05) is 0 Å². The fourth-order valence-electron chi connectivity index (χ4n) is 3.15. The second-order valence-corrected chi connectivity index (χ2v) is 9.60. The maximum atomic E-state index is 14.7. The van der Waals surface area contributed by atoms with Gasteiger partial charge in [0.25, 0.3) is 0 Å². The van der Waals surface area contributed by atoms with Crippen LogP contribution in [0.1, 0.15) is 50.7 Å². The monoisotopic (exact) mass is 402 g/mol. The molecule has 0 nitrogen and oxygen atoms in total. The number of hydrogen-bond acceptors (Lipinski definition) is 0. The fourth-order valence-corrected chi connectivity index (χ4v) is 5.92. The Bertz CT molecular complexity index is 784. The Morgan fingerprint density at radius 1 is 0.880 bits per heavy atom. The molecule has 1 heterocycles. The number of benzene rings is 2. The van der Waals surface area contributed by atoms with Crippen molar-refractivity contribution in [2.75, 3.05) is 0 Å². The zero-order valence-electron chi connectivity index (χ0n) is 15.1. The molecule has 132 valence electrons. The first-order valence-electron chi connectivity index (χ1n) is 9.28. The molecule has 0 saturated heterocycles. The van der Waals surface area contributed by atoms with Gasteiger partial charge in [-0.3, -0.25) is 0 Å². The average molecular weight is 401 g/mol. The van der Waals surface area contributed by atoms with Crippen LogP contribution < -0.4 is 0 Å². The Morgan fingerprint density at radius 2 is 1.64 bits per heavy atom. The molecule has 0 spiro atoms. The van der Waals surface area contributed by atoms with Crippen molar-refractivity contribution in [3.63, 3.8) is 0 Å². The molecular formula is C23H27FSe. The summed E-state index contributed by atoms with van der Waals surface area (Å²) < 4.78 is 17.5. The molecule has 0 unspecified atom stereocenters. The van der Waals surface area contributed by atoms with Crippen LogP contribution in [0, 0.1) is 5.82 Å².